The Balaban J connectivity index is 1.25. The molecule has 0 atom stereocenters. The summed E-state index contributed by atoms with van der Waals surface area (Å²) in [4.78, 5) is 11.0. The molecule has 0 spiro atoms. The zero-order valence-electron chi connectivity index (χ0n) is 28.1. The van der Waals surface area contributed by atoms with Crippen LogP contribution in [0.25, 0.3) is 55.8 Å². The molecule has 2 aliphatic rings. The Labute approximate surface area is 292 Å². The smallest absolute Gasteiger partial charge is 0.160 e. The Hall–Kier alpha value is -6.12. The molecule has 0 amide bonds. The highest BCUT2D eigenvalue weighted by atomic mass is 14.9. The van der Waals surface area contributed by atoms with E-state index in [1.165, 1.54) is 60.8 Å². The van der Waals surface area contributed by atoms with Crippen LogP contribution in [0.15, 0.2) is 170 Å². The summed E-state index contributed by atoms with van der Waals surface area (Å²) in [7, 11) is 0. The second kappa shape index (κ2) is 10.7. The third kappa shape index (κ3) is 3.96. The number of hydrogen-bond acceptors (Lipinski definition) is 2. The zero-order valence-corrected chi connectivity index (χ0v) is 28.1. The van der Waals surface area contributed by atoms with Crippen LogP contribution in [-0.2, 0) is 10.8 Å². The highest BCUT2D eigenvalue weighted by Gasteiger charge is 2.46. The number of aromatic nitrogens is 2. The van der Waals surface area contributed by atoms with Crippen molar-refractivity contribution in [1.82, 2.24) is 9.97 Å². The molecule has 0 unspecified atom stereocenters. The van der Waals surface area contributed by atoms with E-state index in [9.17, 15) is 0 Å². The van der Waals surface area contributed by atoms with Gasteiger partial charge in [-0.3, -0.25) is 0 Å². The van der Waals surface area contributed by atoms with Gasteiger partial charge in [-0.05, 0) is 67.9 Å². The first kappa shape index (κ1) is 28.9. The van der Waals surface area contributed by atoms with E-state index < -0.39 is 5.41 Å². The Morgan fingerprint density at radius 1 is 0.400 bits per heavy atom. The van der Waals surface area contributed by atoms with Crippen LogP contribution in [-0.4, -0.2) is 9.97 Å². The van der Waals surface area contributed by atoms with Gasteiger partial charge >= 0.3 is 0 Å². The summed E-state index contributed by atoms with van der Waals surface area (Å²) in [5.41, 5.74) is 14.7. The standard InChI is InChI=1S/C48H34N2/c1-47(2)42-30-33-19-10-9-18-32(33)29-39(42)45-43(47)44(31-16-5-3-6-17-31)49-46(50-45)34-20-15-23-36(28-34)48(35-21-7-4-8-22-35)40-26-13-11-24-37(40)38-25-12-14-27-41(38)48/h3-30H,1-2H3. The van der Waals surface area contributed by atoms with Crippen molar-refractivity contribution in [3.05, 3.63) is 203 Å². The lowest BCUT2D eigenvalue weighted by atomic mass is 9.67. The molecular formula is C48H34N2. The van der Waals surface area contributed by atoms with E-state index in [2.05, 4.69) is 184 Å². The molecule has 10 rings (SSSR count). The quantitative estimate of drug-likeness (QED) is 0.192. The Morgan fingerprint density at radius 3 is 1.64 bits per heavy atom. The predicted molar refractivity (Wildman–Crippen MR) is 205 cm³/mol. The molecule has 0 saturated heterocycles. The number of benzene rings is 7. The van der Waals surface area contributed by atoms with Gasteiger partial charge in [-0.1, -0.05) is 166 Å². The molecule has 1 aromatic heterocycles. The van der Waals surface area contributed by atoms with Gasteiger partial charge in [0.2, 0.25) is 0 Å². The van der Waals surface area contributed by atoms with Crippen LogP contribution in [0.3, 0.4) is 0 Å². The minimum absolute atomic E-state index is 0.269. The van der Waals surface area contributed by atoms with Crippen molar-refractivity contribution < 1.29 is 0 Å². The van der Waals surface area contributed by atoms with Crippen molar-refractivity contribution in [2.45, 2.75) is 24.7 Å². The van der Waals surface area contributed by atoms with E-state index >= 15 is 0 Å². The van der Waals surface area contributed by atoms with Crippen LogP contribution in [0.5, 0.6) is 0 Å². The van der Waals surface area contributed by atoms with Crippen LogP contribution < -0.4 is 0 Å². The molecule has 2 heteroatoms. The fourth-order valence-electron chi connectivity index (χ4n) is 8.87. The maximum Gasteiger partial charge on any atom is 0.160 e. The number of nitrogens with zero attached hydrogens (tertiary/aromatic N) is 2. The average Bonchev–Trinajstić information content (AvgIpc) is 3.60. The Kier molecular flexibility index (Phi) is 6.17. The minimum Gasteiger partial charge on any atom is -0.228 e. The third-order valence-electron chi connectivity index (χ3n) is 11.1. The SMILES string of the molecule is CC1(C)c2cc3ccccc3cc2-c2nc(-c3cccc(C4(c5ccccc5)c5ccccc5-c5ccccc54)c3)nc(-c3ccccc3)c21. The number of rotatable bonds is 4. The average molecular weight is 639 g/mol. The summed E-state index contributed by atoms with van der Waals surface area (Å²) in [6, 6.07) is 61.7. The van der Waals surface area contributed by atoms with Crippen LogP contribution in [0.2, 0.25) is 0 Å². The highest BCUT2D eigenvalue weighted by Crippen LogP contribution is 2.57. The molecule has 0 aliphatic heterocycles. The van der Waals surface area contributed by atoms with Crippen molar-refractivity contribution in [3.8, 4) is 45.0 Å². The topological polar surface area (TPSA) is 25.8 Å². The molecule has 8 aromatic rings. The summed E-state index contributed by atoms with van der Waals surface area (Å²) in [5.74, 6) is 0.740. The molecular weight excluding hydrogens is 605 g/mol. The van der Waals surface area contributed by atoms with Crippen LogP contribution in [0.4, 0.5) is 0 Å². The molecule has 0 saturated carbocycles. The van der Waals surface area contributed by atoms with Crippen molar-refractivity contribution in [2.75, 3.05) is 0 Å². The van der Waals surface area contributed by atoms with Gasteiger partial charge in [0.25, 0.3) is 0 Å². The van der Waals surface area contributed by atoms with Gasteiger partial charge < -0.3 is 0 Å². The fraction of sp³-hybridized carbons (Fsp3) is 0.0833. The first-order valence-electron chi connectivity index (χ1n) is 17.4. The lowest BCUT2D eigenvalue weighted by Crippen LogP contribution is -2.28. The van der Waals surface area contributed by atoms with Gasteiger partial charge in [-0.15, -0.1) is 0 Å². The largest absolute Gasteiger partial charge is 0.228 e. The molecule has 1 heterocycles. The molecule has 50 heavy (non-hydrogen) atoms. The lowest BCUT2D eigenvalue weighted by Gasteiger charge is -2.34. The van der Waals surface area contributed by atoms with Crippen LogP contribution in [0, 0.1) is 0 Å². The van der Waals surface area contributed by atoms with E-state index in [0.717, 1.165) is 28.3 Å². The normalized spacial score (nSPS) is 14.5. The minimum atomic E-state index is -0.489. The fourth-order valence-corrected chi connectivity index (χ4v) is 8.87. The van der Waals surface area contributed by atoms with Crippen LogP contribution >= 0.6 is 0 Å². The lowest BCUT2D eigenvalue weighted by molar-refractivity contribution is 0.658. The van der Waals surface area contributed by atoms with E-state index in [1.807, 2.05) is 0 Å². The summed E-state index contributed by atoms with van der Waals surface area (Å²) in [6.07, 6.45) is 0. The molecule has 0 bridgehead atoms. The second-order valence-corrected chi connectivity index (χ2v) is 14.1. The third-order valence-corrected chi connectivity index (χ3v) is 11.1. The van der Waals surface area contributed by atoms with Gasteiger partial charge in [0, 0.05) is 27.7 Å². The second-order valence-electron chi connectivity index (χ2n) is 14.1. The maximum atomic E-state index is 5.49. The summed E-state index contributed by atoms with van der Waals surface area (Å²) in [5, 5.41) is 2.47. The molecule has 0 radical (unpaired) electrons. The van der Waals surface area contributed by atoms with Crippen molar-refractivity contribution in [1.29, 1.82) is 0 Å². The highest BCUT2D eigenvalue weighted by molar-refractivity contribution is 5.95. The van der Waals surface area contributed by atoms with Gasteiger partial charge in [-0.2, -0.15) is 0 Å². The Morgan fingerprint density at radius 2 is 0.940 bits per heavy atom. The van der Waals surface area contributed by atoms with Crippen molar-refractivity contribution in [2.24, 2.45) is 0 Å². The summed E-state index contributed by atoms with van der Waals surface area (Å²) in [6.45, 7) is 4.64. The van der Waals surface area contributed by atoms with E-state index in [-0.39, 0.29) is 5.41 Å². The summed E-state index contributed by atoms with van der Waals surface area (Å²) < 4.78 is 0. The van der Waals surface area contributed by atoms with Gasteiger partial charge in [-0.25, -0.2) is 9.97 Å². The van der Waals surface area contributed by atoms with Crippen molar-refractivity contribution >= 4 is 10.8 Å². The van der Waals surface area contributed by atoms with Gasteiger partial charge in [0.1, 0.15) is 0 Å². The maximum absolute atomic E-state index is 5.49. The van der Waals surface area contributed by atoms with E-state index in [1.54, 1.807) is 0 Å². The molecule has 2 nitrogen and oxygen atoms in total. The van der Waals surface area contributed by atoms with E-state index in [4.69, 9.17) is 9.97 Å². The molecule has 2 aliphatic carbocycles. The van der Waals surface area contributed by atoms with Crippen LogP contribution in [0.1, 0.15) is 47.2 Å². The molecule has 0 fully saturated rings. The van der Waals surface area contributed by atoms with Crippen molar-refractivity contribution in [3.63, 3.8) is 0 Å². The summed E-state index contributed by atoms with van der Waals surface area (Å²) >= 11 is 0. The zero-order chi connectivity index (χ0) is 33.5. The molecule has 0 N–H and O–H groups in total. The first-order valence-corrected chi connectivity index (χ1v) is 17.4. The molecule has 236 valence electrons. The first-order chi connectivity index (χ1) is 24.5. The number of hydrogen-bond donors (Lipinski definition) is 0. The monoisotopic (exact) mass is 638 g/mol. The Bertz CT molecular complexity index is 2570. The molecule has 7 aromatic carbocycles. The predicted octanol–water partition coefficient (Wildman–Crippen LogP) is 11.6. The van der Waals surface area contributed by atoms with Gasteiger partial charge in [0.05, 0.1) is 16.8 Å². The number of fused-ring (bicyclic) bond motifs is 7. The van der Waals surface area contributed by atoms with Gasteiger partial charge in [0.15, 0.2) is 5.82 Å². The van der Waals surface area contributed by atoms with E-state index in [0.29, 0.717) is 0 Å².